The molecule has 2 atom stereocenters. The van der Waals surface area contributed by atoms with Crippen molar-refractivity contribution in [1.82, 2.24) is 14.9 Å². The number of hydrogen-bond donors (Lipinski definition) is 1. The van der Waals surface area contributed by atoms with Crippen LogP contribution < -0.4 is 15.0 Å². The van der Waals surface area contributed by atoms with Crippen molar-refractivity contribution >= 4 is 23.0 Å². The molecule has 1 aliphatic rings. The summed E-state index contributed by atoms with van der Waals surface area (Å²) in [5.74, 6) is 0.858. The zero-order valence-corrected chi connectivity index (χ0v) is 17.1. The quantitative estimate of drug-likeness (QED) is 0.656. The third kappa shape index (κ3) is 3.24. The molecule has 3 aromatic rings. The van der Waals surface area contributed by atoms with Gasteiger partial charge in [0.05, 0.1) is 18.3 Å². The molecule has 0 unspecified atom stereocenters. The van der Waals surface area contributed by atoms with Gasteiger partial charge in [0, 0.05) is 30.3 Å². The van der Waals surface area contributed by atoms with Gasteiger partial charge in [-0.3, -0.25) is 4.98 Å². The van der Waals surface area contributed by atoms with E-state index in [0.717, 1.165) is 17.1 Å². The molecule has 144 valence electrons. The van der Waals surface area contributed by atoms with Crippen LogP contribution in [0.4, 0.5) is 5.69 Å². The Hall–Kier alpha value is -2.86. The van der Waals surface area contributed by atoms with Crippen molar-refractivity contribution in [2.24, 2.45) is 7.05 Å². The molecule has 1 aliphatic heterocycles. The van der Waals surface area contributed by atoms with E-state index in [0.29, 0.717) is 11.7 Å². The lowest BCUT2D eigenvalue weighted by Gasteiger charge is -2.28. The normalized spacial score (nSPS) is 19.0. The highest BCUT2D eigenvalue weighted by Gasteiger charge is 2.41. The summed E-state index contributed by atoms with van der Waals surface area (Å²) in [4.78, 5) is 6.78. The lowest BCUT2D eigenvalue weighted by atomic mass is 10.0. The molecule has 2 aromatic heterocycles. The monoisotopic (exact) mass is 392 g/mol. The molecule has 1 fully saturated rings. The molecule has 28 heavy (non-hydrogen) atoms. The van der Waals surface area contributed by atoms with Gasteiger partial charge in [0.1, 0.15) is 11.8 Å². The van der Waals surface area contributed by atoms with Crippen LogP contribution in [0.3, 0.4) is 0 Å². The first-order valence-corrected chi connectivity index (χ1v) is 9.86. The summed E-state index contributed by atoms with van der Waals surface area (Å²) >= 11 is 5.76. The molecule has 5 nitrogen and oxygen atoms in total. The van der Waals surface area contributed by atoms with E-state index < -0.39 is 0 Å². The van der Waals surface area contributed by atoms with Gasteiger partial charge < -0.3 is 19.5 Å². The number of aromatic nitrogens is 2. The van der Waals surface area contributed by atoms with E-state index >= 15 is 0 Å². The first-order valence-electron chi connectivity index (χ1n) is 9.46. The van der Waals surface area contributed by atoms with E-state index in [-0.39, 0.29) is 12.1 Å². The first kappa shape index (κ1) is 18.5. The van der Waals surface area contributed by atoms with Crippen LogP contribution in [0.2, 0.25) is 0 Å². The molecule has 4 rings (SSSR count). The van der Waals surface area contributed by atoms with Gasteiger partial charge in [-0.05, 0) is 74.6 Å². The highest BCUT2D eigenvalue weighted by molar-refractivity contribution is 7.80. The number of anilines is 1. The second-order valence-electron chi connectivity index (χ2n) is 6.88. The van der Waals surface area contributed by atoms with E-state index in [1.54, 1.807) is 0 Å². The van der Waals surface area contributed by atoms with E-state index in [2.05, 4.69) is 58.0 Å². The summed E-state index contributed by atoms with van der Waals surface area (Å²) < 4.78 is 7.81. The Morgan fingerprint density at radius 2 is 1.89 bits per heavy atom. The zero-order chi connectivity index (χ0) is 19.7. The van der Waals surface area contributed by atoms with Crippen molar-refractivity contribution in [1.29, 1.82) is 0 Å². The molecule has 0 bridgehead atoms. The third-order valence-corrected chi connectivity index (χ3v) is 5.55. The van der Waals surface area contributed by atoms with Gasteiger partial charge in [-0.15, -0.1) is 0 Å². The molecule has 6 heteroatoms. The van der Waals surface area contributed by atoms with Crippen molar-refractivity contribution < 1.29 is 4.74 Å². The number of aryl methyl sites for hydroxylation is 1. The van der Waals surface area contributed by atoms with Crippen LogP contribution in [0.1, 0.15) is 36.1 Å². The fourth-order valence-corrected chi connectivity index (χ4v) is 4.08. The average Bonchev–Trinajstić information content (AvgIpc) is 3.23. The largest absolute Gasteiger partial charge is 0.494 e. The number of nitrogens with zero attached hydrogens (tertiary/aromatic N) is 3. The van der Waals surface area contributed by atoms with E-state index in [1.807, 2.05) is 43.5 Å². The Balaban J connectivity index is 1.79. The Morgan fingerprint density at radius 3 is 2.50 bits per heavy atom. The SMILES string of the molecule is CCOc1ccc(N2C(=S)N[C@H](c3ccccn3)[C@H]2c2ccc(C)n2C)cc1. The maximum Gasteiger partial charge on any atom is 0.174 e. The highest BCUT2D eigenvalue weighted by Crippen LogP contribution is 2.42. The Labute approximate surface area is 171 Å². The smallest absolute Gasteiger partial charge is 0.174 e. The first-order chi connectivity index (χ1) is 13.6. The average molecular weight is 393 g/mol. The summed E-state index contributed by atoms with van der Waals surface area (Å²) in [5.41, 5.74) is 4.40. The number of ether oxygens (including phenoxy) is 1. The maximum absolute atomic E-state index is 5.76. The fourth-order valence-electron chi connectivity index (χ4n) is 3.73. The maximum atomic E-state index is 5.76. The van der Waals surface area contributed by atoms with E-state index in [1.165, 1.54) is 11.4 Å². The van der Waals surface area contributed by atoms with Crippen molar-refractivity contribution in [3.63, 3.8) is 0 Å². The molecule has 0 aliphatic carbocycles. The third-order valence-electron chi connectivity index (χ3n) is 5.24. The minimum atomic E-state index is -0.0340. The molecule has 0 spiro atoms. The molecule has 0 amide bonds. The summed E-state index contributed by atoms with van der Waals surface area (Å²) in [6.07, 6.45) is 1.83. The van der Waals surface area contributed by atoms with Crippen LogP contribution in [0, 0.1) is 6.92 Å². The fraction of sp³-hybridized carbons (Fsp3) is 0.273. The van der Waals surface area contributed by atoms with Crippen LogP contribution in [0.15, 0.2) is 60.8 Å². The summed E-state index contributed by atoms with van der Waals surface area (Å²) in [5, 5.41) is 4.19. The zero-order valence-electron chi connectivity index (χ0n) is 16.3. The lowest BCUT2D eigenvalue weighted by molar-refractivity contribution is 0.340. The summed E-state index contributed by atoms with van der Waals surface area (Å²) in [6.45, 7) is 4.75. The van der Waals surface area contributed by atoms with E-state index in [9.17, 15) is 0 Å². The van der Waals surface area contributed by atoms with Crippen molar-refractivity contribution in [2.45, 2.75) is 25.9 Å². The van der Waals surface area contributed by atoms with Crippen molar-refractivity contribution in [3.8, 4) is 5.75 Å². The molecule has 1 aromatic carbocycles. The van der Waals surface area contributed by atoms with Gasteiger partial charge in [-0.25, -0.2) is 0 Å². The van der Waals surface area contributed by atoms with Crippen LogP contribution >= 0.6 is 12.2 Å². The topological polar surface area (TPSA) is 42.3 Å². The Morgan fingerprint density at radius 1 is 1.11 bits per heavy atom. The summed E-state index contributed by atoms with van der Waals surface area (Å²) in [6, 6.07) is 18.4. The van der Waals surface area contributed by atoms with Gasteiger partial charge in [-0.1, -0.05) is 6.07 Å². The van der Waals surface area contributed by atoms with Gasteiger partial charge in [-0.2, -0.15) is 0 Å². The minimum absolute atomic E-state index is 0.000886. The summed E-state index contributed by atoms with van der Waals surface area (Å²) in [7, 11) is 2.10. The van der Waals surface area contributed by atoms with Crippen LogP contribution in [0.5, 0.6) is 5.75 Å². The van der Waals surface area contributed by atoms with Gasteiger partial charge >= 0.3 is 0 Å². The number of pyridine rings is 1. The van der Waals surface area contributed by atoms with Gasteiger partial charge in [0.2, 0.25) is 0 Å². The predicted molar refractivity (Wildman–Crippen MR) is 116 cm³/mol. The predicted octanol–water partition coefficient (Wildman–Crippen LogP) is 4.30. The van der Waals surface area contributed by atoms with Crippen LogP contribution in [-0.2, 0) is 7.05 Å². The second-order valence-corrected chi connectivity index (χ2v) is 7.27. The number of nitrogens with one attached hydrogen (secondary N) is 1. The lowest BCUT2D eigenvalue weighted by Crippen LogP contribution is -2.30. The number of benzene rings is 1. The van der Waals surface area contributed by atoms with Gasteiger partial charge in [0.25, 0.3) is 0 Å². The molecule has 0 radical (unpaired) electrons. The molecule has 1 saturated heterocycles. The second kappa shape index (κ2) is 7.64. The van der Waals surface area contributed by atoms with Crippen LogP contribution in [-0.4, -0.2) is 21.3 Å². The van der Waals surface area contributed by atoms with Crippen molar-refractivity contribution in [2.75, 3.05) is 11.5 Å². The van der Waals surface area contributed by atoms with Crippen molar-refractivity contribution in [3.05, 3.63) is 77.9 Å². The molecular weight excluding hydrogens is 368 g/mol. The standard InChI is InChI=1S/C22H24N4OS/c1-4-27-17-11-9-16(10-12-17)26-21(19-13-8-15(2)25(19)3)20(24-22(26)28)18-7-5-6-14-23-18/h5-14,20-21H,4H2,1-3H3,(H,24,28)/t20-,21-/m1/s1. The molecule has 1 N–H and O–H groups in total. The highest BCUT2D eigenvalue weighted by atomic mass is 32.1. The molecule has 3 heterocycles. The molecular formula is C22H24N4OS. The number of thiocarbonyl (C=S) groups is 1. The number of rotatable bonds is 5. The van der Waals surface area contributed by atoms with E-state index in [4.69, 9.17) is 17.0 Å². The number of hydrogen-bond acceptors (Lipinski definition) is 3. The Bertz CT molecular complexity index is 968. The van der Waals surface area contributed by atoms with Crippen LogP contribution in [0.25, 0.3) is 0 Å². The van der Waals surface area contributed by atoms with Gasteiger partial charge in [0.15, 0.2) is 5.11 Å². The Kier molecular flexibility index (Phi) is 5.05. The molecule has 0 saturated carbocycles. The minimum Gasteiger partial charge on any atom is -0.494 e.